The fraction of sp³-hybridized carbons (Fsp3) is 0.438. The number of aliphatic carboxylic acids is 1. The molecule has 7 heteroatoms. The van der Waals surface area contributed by atoms with Crippen molar-refractivity contribution >= 4 is 23.6 Å². The second-order valence-electron chi connectivity index (χ2n) is 5.44. The average molecular weight is 321 g/mol. The van der Waals surface area contributed by atoms with Gasteiger partial charge < -0.3 is 20.6 Å². The summed E-state index contributed by atoms with van der Waals surface area (Å²) in [5.41, 5.74) is 1.79. The van der Waals surface area contributed by atoms with E-state index in [1.165, 1.54) is 18.9 Å². The Hall–Kier alpha value is -2.57. The molecule has 0 heterocycles. The summed E-state index contributed by atoms with van der Waals surface area (Å²) in [5.74, 6) is -1.83. The van der Waals surface area contributed by atoms with Crippen LogP contribution in [0.15, 0.2) is 18.2 Å². The van der Waals surface area contributed by atoms with E-state index in [1.807, 2.05) is 13.8 Å². The van der Waals surface area contributed by atoms with E-state index in [0.717, 1.165) is 5.56 Å². The van der Waals surface area contributed by atoms with Gasteiger partial charge >= 0.3 is 12.0 Å². The van der Waals surface area contributed by atoms with Crippen molar-refractivity contribution in [2.75, 3.05) is 25.5 Å². The van der Waals surface area contributed by atoms with Crippen LogP contribution in [0.1, 0.15) is 29.8 Å². The third-order valence-electron chi connectivity index (χ3n) is 3.39. The monoisotopic (exact) mass is 321 g/mol. The van der Waals surface area contributed by atoms with Crippen molar-refractivity contribution in [1.29, 1.82) is 0 Å². The Kier molecular flexibility index (Phi) is 6.56. The molecule has 0 bridgehead atoms. The molecule has 0 spiro atoms. The zero-order valence-corrected chi connectivity index (χ0v) is 13.8. The number of anilines is 1. The summed E-state index contributed by atoms with van der Waals surface area (Å²) in [6, 6.07) is 4.62. The molecule has 1 rings (SSSR count). The highest BCUT2D eigenvalue weighted by molar-refractivity contribution is 5.97. The molecule has 1 atom stereocenters. The SMILES string of the molecule is CCNC(=O)c1ccc(C)c(NC(=O)N(C)CC(C)C(=O)O)c1. The highest BCUT2D eigenvalue weighted by Gasteiger charge is 2.18. The number of benzene rings is 1. The van der Waals surface area contributed by atoms with Crippen LogP contribution in [0.25, 0.3) is 0 Å². The molecular formula is C16H23N3O4. The molecule has 1 aromatic rings. The minimum Gasteiger partial charge on any atom is -0.481 e. The van der Waals surface area contributed by atoms with Crippen molar-refractivity contribution < 1.29 is 19.5 Å². The Morgan fingerprint density at radius 2 is 1.96 bits per heavy atom. The number of aryl methyl sites for hydroxylation is 1. The third kappa shape index (κ3) is 5.28. The molecular weight excluding hydrogens is 298 g/mol. The van der Waals surface area contributed by atoms with E-state index in [1.54, 1.807) is 18.2 Å². The van der Waals surface area contributed by atoms with Crippen LogP contribution >= 0.6 is 0 Å². The summed E-state index contributed by atoms with van der Waals surface area (Å²) in [4.78, 5) is 36.2. The molecule has 0 saturated heterocycles. The van der Waals surface area contributed by atoms with Crippen molar-refractivity contribution in [2.24, 2.45) is 5.92 Å². The Labute approximate surface area is 135 Å². The number of amides is 3. The number of hydrogen-bond donors (Lipinski definition) is 3. The van der Waals surface area contributed by atoms with Gasteiger partial charge in [-0.25, -0.2) is 4.79 Å². The molecule has 1 unspecified atom stereocenters. The van der Waals surface area contributed by atoms with Crippen molar-refractivity contribution in [3.8, 4) is 0 Å². The maximum Gasteiger partial charge on any atom is 0.321 e. The number of carbonyl (C=O) groups is 3. The van der Waals surface area contributed by atoms with Gasteiger partial charge in [0.25, 0.3) is 5.91 Å². The molecule has 126 valence electrons. The van der Waals surface area contributed by atoms with Crippen molar-refractivity contribution in [2.45, 2.75) is 20.8 Å². The van der Waals surface area contributed by atoms with Gasteiger partial charge in [0.2, 0.25) is 0 Å². The fourth-order valence-electron chi connectivity index (χ4n) is 1.94. The maximum atomic E-state index is 12.2. The van der Waals surface area contributed by atoms with Crippen LogP contribution in [0.2, 0.25) is 0 Å². The van der Waals surface area contributed by atoms with Crippen molar-refractivity contribution in [3.63, 3.8) is 0 Å². The van der Waals surface area contributed by atoms with E-state index >= 15 is 0 Å². The summed E-state index contributed by atoms with van der Waals surface area (Å²) in [6.07, 6.45) is 0. The topological polar surface area (TPSA) is 98.7 Å². The molecule has 0 aliphatic rings. The van der Waals surface area contributed by atoms with Crippen LogP contribution in [0, 0.1) is 12.8 Å². The molecule has 23 heavy (non-hydrogen) atoms. The van der Waals surface area contributed by atoms with E-state index in [4.69, 9.17) is 5.11 Å². The Bertz CT molecular complexity index is 601. The standard InChI is InChI=1S/C16H23N3O4/c1-5-17-14(20)12-7-6-10(2)13(8-12)18-16(23)19(4)9-11(3)15(21)22/h6-8,11H,5,9H2,1-4H3,(H,17,20)(H,18,23)(H,21,22). The van der Waals surface area contributed by atoms with Gasteiger partial charge in [0, 0.05) is 31.4 Å². The van der Waals surface area contributed by atoms with Crippen LogP contribution in [-0.2, 0) is 4.79 Å². The third-order valence-corrected chi connectivity index (χ3v) is 3.39. The molecule has 0 aromatic heterocycles. The predicted octanol–water partition coefficient (Wildman–Crippen LogP) is 1.93. The van der Waals surface area contributed by atoms with Crippen molar-refractivity contribution in [1.82, 2.24) is 10.2 Å². The van der Waals surface area contributed by atoms with E-state index < -0.39 is 17.9 Å². The Morgan fingerprint density at radius 1 is 1.30 bits per heavy atom. The highest BCUT2D eigenvalue weighted by atomic mass is 16.4. The summed E-state index contributed by atoms with van der Waals surface area (Å²) < 4.78 is 0. The average Bonchev–Trinajstić information content (AvgIpc) is 2.49. The van der Waals surface area contributed by atoms with Crippen LogP contribution in [0.5, 0.6) is 0 Å². The van der Waals surface area contributed by atoms with E-state index in [-0.39, 0.29) is 12.5 Å². The smallest absolute Gasteiger partial charge is 0.321 e. The second kappa shape index (κ2) is 8.17. The highest BCUT2D eigenvalue weighted by Crippen LogP contribution is 2.17. The summed E-state index contributed by atoms with van der Waals surface area (Å²) in [6.45, 7) is 5.79. The molecule has 7 nitrogen and oxygen atoms in total. The van der Waals surface area contributed by atoms with E-state index in [2.05, 4.69) is 10.6 Å². The fourth-order valence-corrected chi connectivity index (χ4v) is 1.94. The maximum absolute atomic E-state index is 12.2. The first-order chi connectivity index (χ1) is 10.8. The minimum absolute atomic E-state index is 0.0935. The summed E-state index contributed by atoms with van der Waals surface area (Å²) in [7, 11) is 1.53. The number of nitrogens with zero attached hydrogens (tertiary/aromatic N) is 1. The van der Waals surface area contributed by atoms with Gasteiger partial charge in [-0.05, 0) is 31.5 Å². The lowest BCUT2D eigenvalue weighted by atomic mass is 10.1. The van der Waals surface area contributed by atoms with Crippen LogP contribution < -0.4 is 10.6 Å². The summed E-state index contributed by atoms with van der Waals surface area (Å²) >= 11 is 0. The van der Waals surface area contributed by atoms with Gasteiger partial charge in [-0.15, -0.1) is 0 Å². The minimum atomic E-state index is -0.959. The van der Waals surface area contributed by atoms with Gasteiger partial charge in [0.15, 0.2) is 0 Å². The number of nitrogens with one attached hydrogen (secondary N) is 2. The molecule has 3 N–H and O–H groups in total. The molecule has 1 aromatic carbocycles. The van der Waals surface area contributed by atoms with E-state index in [9.17, 15) is 14.4 Å². The van der Waals surface area contributed by atoms with Crippen LogP contribution in [0.3, 0.4) is 0 Å². The number of hydrogen-bond acceptors (Lipinski definition) is 3. The molecule has 0 fully saturated rings. The van der Waals surface area contributed by atoms with Gasteiger partial charge in [0.05, 0.1) is 5.92 Å². The predicted molar refractivity (Wildman–Crippen MR) is 87.6 cm³/mol. The van der Waals surface area contributed by atoms with Gasteiger partial charge in [-0.3, -0.25) is 9.59 Å². The largest absolute Gasteiger partial charge is 0.481 e. The lowest BCUT2D eigenvalue weighted by molar-refractivity contribution is -0.141. The first kappa shape index (κ1) is 18.5. The van der Waals surface area contributed by atoms with Gasteiger partial charge in [-0.1, -0.05) is 13.0 Å². The molecule has 0 aliphatic carbocycles. The molecule has 0 saturated carbocycles. The molecule has 0 aliphatic heterocycles. The number of rotatable bonds is 6. The first-order valence-electron chi connectivity index (χ1n) is 7.40. The van der Waals surface area contributed by atoms with Crippen molar-refractivity contribution in [3.05, 3.63) is 29.3 Å². The van der Waals surface area contributed by atoms with E-state index in [0.29, 0.717) is 17.8 Å². The number of urea groups is 1. The Balaban J connectivity index is 2.83. The van der Waals surface area contributed by atoms with Gasteiger partial charge in [0.1, 0.15) is 0 Å². The van der Waals surface area contributed by atoms with Crippen LogP contribution in [-0.4, -0.2) is 48.1 Å². The molecule has 3 amide bonds. The second-order valence-corrected chi connectivity index (χ2v) is 5.44. The number of carboxylic acids is 1. The number of carboxylic acid groups (broad SMARTS) is 1. The Morgan fingerprint density at radius 3 is 2.52 bits per heavy atom. The zero-order valence-electron chi connectivity index (χ0n) is 13.8. The van der Waals surface area contributed by atoms with Gasteiger partial charge in [-0.2, -0.15) is 0 Å². The van der Waals surface area contributed by atoms with Crippen LogP contribution in [0.4, 0.5) is 10.5 Å². The zero-order chi connectivity index (χ0) is 17.6. The normalized spacial score (nSPS) is 11.5. The number of carbonyl (C=O) groups excluding carboxylic acids is 2. The lowest BCUT2D eigenvalue weighted by Crippen LogP contribution is -2.36. The first-order valence-corrected chi connectivity index (χ1v) is 7.40. The molecule has 0 radical (unpaired) electrons. The lowest BCUT2D eigenvalue weighted by Gasteiger charge is -2.21. The quantitative estimate of drug-likeness (QED) is 0.745. The summed E-state index contributed by atoms with van der Waals surface area (Å²) in [5, 5.41) is 14.3.